The summed E-state index contributed by atoms with van der Waals surface area (Å²) >= 11 is 7.73. The van der Waals surface area contributed by atoms with Crippen molar-refractivity contribution in [2.45, 2.75) is 33.8 Å². The Morgan fingerprint density at radius 1 is 1.19 bits per heavy atom. The number of methoxy groups -OCH3 is 1. The van der Waals surface area contributed by atoms with E-state index in [9.17, 15) is 9.59 Å². The highest BCUT2D eigenvalue weighted by Crippen LogP contribution is 2.37. The number of thiazole rings is 1. The van der Waals surface area contributed by atoms with E-state index in [4.69, 9.17) is 21.1 Å². The van der Waals surface area contributed by atoms with Crippen LogP contribution in [0.15, 0.2) is 41.8 Å². The van der Waals surface area contributed by atoms with Crippen LogP contribution in [0.5, 0.6) is 5.75 Å². The number of nitrogens with zero attached hydrogens (tertiary/aromatic N) is 2. The first-order valence-corrected chi connectivity index (χ1v) is 10.8. The van der Waals surface area contributed by atoms with E-state index < -0.39 is 0 Å². The molecule has 8 heteroatoms. The summed E-state index contributed by atoms with van der Waals surface area (Å²) in [4.78, 5) is 30.6. The van der Waals surface area contributed by atoms with Crippen LogP contribution in [0.4, 0.5) is 10.8 Å². The Hall–Kier alpha value is -2.90. The monoisotopic (exact) mass is 458 g/mol. The molecule has 0 saturated carbocycles. The second-order valence-electron chi connectivity index (χ2n) is 7.04. The molecular formula is C23H23ClN2O4S. The molecule has 0 atom stereocenters. The largest absolute Gasteiger partial charge is 0.496 e. The number of hydrogen-bond donors (Lipinski definition) is 0. The molecule has 0 spiro atoms. The van der Waals surface area contributed by atoms with E-state index in [1.807, 2.05) is 44.2 Å². The topological polar surface area (TPSA) is 68.7 Å². The van der Waals surface area contributed by atoms with Gasteiger partial charge in [0.15, 0.2) is 5.13 Å². The average molecular weight is 459 g/mol. The van der Waals surface area contributed by atoms with Crippen LogP contribution in [0, 0.1) is 13.8 Å². The molecule has 1 heterocycles. The summed E-state index contributed by atoms with van der Waals surface area (Å²) in [5.41, 5.74) is 3.80. The van der Waals surface area contributed by atoms with Crippen molar-refractivity contribution in [1.29, 1.82) is 0 Å². The Labute approximate surface area is 190 Å². The third-order valence-electron chi connectivity index (χ3n) is 4.58. The van der Waals surface area contributed by atoms with Gasteiger partial charge in [-0.3, -0.25) is 14.5 Å². The molecule has 0 N–H and O–H groups in total. The predicted octanol–water partition coefficient (Wildman–Crippen LogP) is 5.39. The number of carbonyl (C=O) groups is 2. The number of anilines is 2. The molecule has 0 aliphatic carbocycles. The average Bonchev–Trinajstić information content (AvgIpc) is 3.17. The number of aromatic nitrogens is 1. The summed E-state index contributed by atoms with van der Waals surface area (Å²) < 4.78 is 10.6. The van der Waals surface area contributed by atoms with Crippen molar-refractivity contribution < 1.29 is 19.1 Å². The van der Waals surface area contributed by atoms with Gasteiger partial charge in [-0.25, -0.2) is 4.98 Å². The number of ether oxygens (including phenoxy) is 2. The predicted molar refractivity (Wildman–Crippen MR) is 122 cm³/mol. The molecule has 0 saturated heterocycles. The number of para-hydroxylation sites is 1. The first-order valence-electron chi connectivity index (χ1n) is 9.59. The number of halogens is 1. The van der Waals surface area contributed by atoms with E-state index in [1.54, 1.807) is 18.6 Å². The van der Waals surface area contributed by atoms with Crippen LogP contribution in [0.2, 0.25) is 5.02 Å². The molecule has 31 heavy (non-hydrogen) atoms. The SMILES string of the molecule is COc1ccccc1CC(=O)OCc1csc(N(C(C)=O)c2c(C)cc(C)cc2Cl)n1. The summed E-state index contributed by atoms with van der Waals surface area (Å²) in [6, 6.07) is 11.1. The van der Waals surface area contributed by atoms with Gasteiger partial charge >= 0.3 is 5.97 Å². The van der Waals surface area contributed by atoms with Crippen LogP contribution < -0.4 is 9.64 Å². The lowest BCUT2D eigenvalue weighted by Gasteiger charge is -2.22. The van der Waals surface area contributed by atoms with Crippen molar-refractivity contribution in [3.8, 4) is 5.75 Å². The standard InChI is InChI=1S/C23H23ClN2O4S/c1-14-9-15(2)22(19(24)10-14)26(16(3)27)23-25-18(13-31-23)12-30-21(28)11-17-7-5-6-8-20(17)29-4/h5-10,13H,11-12H2,1-4H3. The van der Waals surface area contributed by atoms with Gasteiger partial charge in [0.1, 0.15) is 12.4 Å². The van der Waals surface area contributed by atoms with Crippen molar-refractivity contribution in [2.75, 3.05) is 12.0 Å². The van der Waals surface area contributed by atoms with Gasteiger partial charge in [-0.15, -0.1) is 11.3 Å². The molecule has 3 aromatic rings. The second kappa shape index (κ2) is 9.94. The summed E-state index contributed by atoms with van der Waals surface area (Å²) in [6.07, 6.45) is 0.0960. The summed E-state index contributed by atoms with van der Waals surface area (Å²) in [6.45, 7) is 5.32. The van der Waals surface area contributed by atoms with Crippen molar-refractivity contribution in [1.82, 2.24) is 4.98 Å². The molecule has 0 bridgehead atoms. The maximum atomic E-state index is 12.4. The highest BCUT2D eigenvalue weighted by molar-refractivity contribution is 7.14. The van der Waals surface area contributed by atoms with Crippen LogP contribution >= 0.6 is 22.9 Å². The van der Waals surface area contributed by atoms with Gasteiger partial charge in [-0.05, 0) is 37.1 Å². The Morgan fingerprint density at radius 3 is 2.61 bits per heavy atom. The molecule has 1 amide bonds. The minimum absolute atomic E-state index is 0.0108. The van der Waals surface area contributed by atoms with E-state index >= 15 is 0 Å². The molecular weight excluding hydrogens is 436 g/mol. The highest BCUT2D eigenvalue weighted by atomic mass is 35.5. The second-order valence-corrected chi connectivity index (χ2v) is 8.28. The molecule has 3 rings (SSSR count). The van der Waals surface area contributed by atoms with E-state index in [-0.39, 0.29) is 24.9 Å². The summed E-state index contributed by atoms with van der Waals surface area (Å²) in [7, 11) is 1.56. The van der Waals surface area contributed by atoms with Crippen molar-refractivity contribution in [2.24, 2.45) is 0 Å². The van der Waals surface area contributed by atoms with E-state index in [2.05, 4.69) is 4.98 Å². The molecule has 1 aromatic heterocycles. The molecule has 2 aromatic carbocycles. The van der Waals surface area contributed by atoms with Gasteiger partial charge in [0, 0.05) is 17.9 Å². The van der Waals surface area contributed by atoms with E-state index in [0.29, 0.717) is 27.3 Å². The normalized spacial score (nSPS) is 10.6. The number of benzene rings is 2. The zero-order valence-electron chi connectivity index (χ0n) is 17.8. The maximum Gasteiger partial charge on any atom is 0.310 e. The number of esters is 1. The van der Waals surface area contributed by atoms with Crippen LogP contribution in [0.3, 0.4) is 0 Å². The van der Waals surface area contributed by atoms with Crippen molar-refractivity contribution in [3.05, 3.63) is 69.2 Å². The first kappa shape index (κ1) is 22.8. The fourth-order valence-electron chi connectivity index (χ4n) is 3.25. The molecule has 0 fully saturated rings. The van der Waals surface area contributed by atoms with Gasteiger partial charge in [-0.2, -0.15) is 0 Å². The number of hydrogen-bond acceptors (Lipinski definition) is 6. The smallest absolute Gasteiger partial charge is 0.310 e. The number of rotatable bonds is 7. The molecule has 6 nitrogen and oxygen atoms in total. The Bertz CT molecular complexity index is 1090. The van der Waals surface area contributed by atoms with Crippen molar-refractivity contribution in [3.63, 3.8) is 0 Å². The maximum absolute atomic E-state index is 12.4. The number of aryl methyl sites for hydroxylation is 2. The van der Waals surface area contributed by atoms with Gasteiger partial charge in [0.05, 0.1) is 29.9 Å². The van der Waals surface area contributed by atoms with Gasteiger partial charge in [0.25, 0.3) is 0 Å². The van der Waals surface area contributed by atoms with Crippen LogP contribution in [-0.2, 0) is 27.4 Å². The minimum Gasteiger partial charge on any atom is -0.496 e. The van der Waals surface area contributed by atoms with Crippen LogP contribution in [-0.4, -0.2) is 24.0 Å². The Balaban J connectivity index is 1.73. The fraction of sp³-hybridized carbons (Fsp3) is 0.261. The van der Waals surface area contributed by atoms with E-state index in [0.717, 1.165) is 16.7 Å². The molecule has 0 aliphatic rings. The third kappa shape index (κ3) is 5.42. The Kier molecular flexibility index (Phi) is 7.30. The number of carbonyl (C=O) groups excluding carboxylic acids is 2. The van der Waals surface area contributed by atoms with E-state index in [1.165, 1.54) is 23.2 Å². The quantitative estimate of drug-likeness (QED) is 0.444. The first-order chi connectivity index (χ1) is 14.8. The van der Waals surface area contributed by atoms with Gasteiger partial charge < -0.3 is 9.47 Å². The zero-order valence-corrected chi connectivity index (χ0v) is 19.3. The van der Waals surface area contributed by atoms with Crippen LogP contribution in [0.1, 0.15) is 29.3 Å². The molecule has 0 aliphatic heterocycles. The van der Waals surface area contributed by atoms with Gasteiger partial charge in [-0.1, -0.05) is 35.9 Å². The molecule has 0 unspecified atom stereocenters. The fourth-order valence-corrected chi connectivity index (χ4v) is 4.52. The highest BCUT2D eigenvalue weighted by Gasteiger charge is 2.23. The summed E-state index contributed by atoms with van der Waals surface area (Å²) in [5.74, 6) is 0.0423. The lowest BCUT2D eigenvalue weighted by atomic mass is 10.1. The van der Waals surface area contributed by atoms with Crippen molar-refractivity contribution >= 4 is 45.6 Å². The third-order valence-corrected chi connectivity index (χ3v) is 5.74. The van der Waals surface area contributed by atoms with Gasteiger partial charge in [0.2, 0.25) is 5.91 Å². The molecule has 0 radical (unpaired) electrons. The van der Waals surface area contributed by atoms with Crippen LogP contribution in [0.25, 0.3) is 0 Å². The molecule has 162 valence electrons. The number of amides is 1. The Morgan fingerprint density at radius 2 is 1.94 bits per heavy atom. The lowest BCUT2D eigenvalue weighted by molar-refractivity contribution is -0.144. The minimum atomic E-state index is -0.389. The lowest BCUT2D eigenvalue weighted by Crippen LogP contribution is -2.24. The zero-order chi connectivity index (χ0) is 22.5. The summed E-state index contributed by atoms with van der Waals surface area (Å²) in [5, 5.41) is 2.71.